The van der Waals surface area contributed by atoms with Gasteiger partial charge in [-0.3, -0.25) is 15.5 Å². The van der Waals surface area contributed by atoms with Crippen LogP contribution in [-0.4, -0.2) is 27.8 Å². The number of aliphatic imine (C=N–C) groups is 1. The first-order valence-electron chi connectivity index (χ1n) is 6.22. The number of phenols is 1. The summed E-state index contributed by atoms with van der Waals surface area (Å²) >= 11 is 11.6. The summed E-state index contributed by atoms with van der Waals surface area (Å²) in [5.41, 5.74) is 2.82. The fraction of sp³-hybridized carbons (Fsp3) is 0.0667. The molecule has 7 heteroatoms. The van der Waals surface area contributed by atoms with Gasteiger partial charge in [-0.2, -0.15) is 0 Å². The molecule has 0 amide bonds. The number of amidine groups is 1. The lowest BCUT2D eigenvalue weighted by Gasteiger charge is -2.08. The number of ketones is 1. The number of benzene rings is 2. The predicted octanol–water partition coefficient (Wildman–Crippen LogP) is 3.52. The highest BCUT2D eigenvalue weighted by Gasteiger charge is 2.15. The van der Waals surface area contributed by atoms with E-state index in [1.807, 2.05) is 5.48 Å². The van der Waals surface area contributed by atoms with Crippen LogP contribution in [0.25, 0.3) is 0 Å². The van der Waals surface area contributed by atoms with Crippen molar-refractivity contribution in [3.05, 3.63) is 58.6 Å². The summed E-state index contributed by atoms with van der Waals surface area (Å²) in [4.78, 5) is 16.7. The van der Waals surface area contributed by atoms with Gasteiger partial charge in [0.25, 0.3) is 0 Å². The van der Waals surface area contributed by atoms with Crippen LogP contribution in [0.2, 0.25) is 5.02 Å². The molecule has 0 bridgehead atoms. The molecule has 0 saturated carbocycles. The van der Waals surface area contributed by atoms with E-state index in [9.17, 15) is 9.90 Å². The van der Waals surface area contributed by atoms with E-state index in [0.29, 0.717) is 16.3 Å². The number of carbonyl (C=O) groups is 1. The summed E-state index contributed by atoms with van der Waals surface area (Å²) in [6.45, 7) is 0. The second-order valence-electron chi connectivity index (χ2n) is 4.34. The second kappa shape index (κ2) is 7.26. The molecular formula is C15H12Cl2N2O3. The van der Waals surface area contributed by atoms with Crippen LogP contribution >= 0.6 is 23.2 Å². The monoisotopic (exact) mass is 338 g/mol. The Bertz CT molecular complexity index is 709. The smallest absolute Gasteiger partial charge is 0.195 e. The largest absolute Gasteiger partial charge is 0.508 e. The molecule has 0 unspecified atom stereocenters. The predicted molar refractivity (Wildman–Crippen MR) is 85.7 cm³/mol. The lowest BCUT2D eigenvalue weighted by molar-refractivity contribution is 0.103. The summed E-state index contributed by atoms with van der Waals surface area (Å²) in [5, 5.41) is 18.6. The molecule has 5 nitrogen and oxygen atoms in total. The third-order valence-corrected chi connectivity index (χ3v) is 3.33. The number of hydrogen-bond donors (Lipinski definition) is 3. The summed E-state index contributed by atoms with van der Waals surface area (Å²) < 4.78 is 0. The van der Waals surface area contributed by atoms with Crippen LogP contribution in [0.5, 0.6) is 5.75 Å². The fourth-order valence-electron chi connectivity index (χ4n) is 1.79. The number of nitrogens with one attached hydrogen (secondary N) is 1. The van der Waals surface area contributed by atoms with Gasteiger partial charge in [0.1, 0.15) is 11.6 Å². The van der Waals surface area contributed by atoms with Crippen molar-refractivity contribution < 1.29 is 15.1 Å². The van der Waals surface area contributed by atoms with Crippen LogP contribution < -0.4 is 5.48 Å². The topological polar surface area (TPSA) is 81.9 Å². The van der Waals surface area contributed by atoms with Crippen molar-refractivity contribution >= 4 is 40.5 Å². The summed E-state index contributed by atoms with van der Waals surface area (Å²) in [5.74, 6) is -0.196. The van der Waals surface area contributed by atoms with E-state index in [4.69, 9.17) is 28.4 Å². The maximum atomic E-state index is 12.6. The number of halogens is 2. The number of phenolic OH excluding ortho intramolecular Hbond substituents is 1. The molecule has 2 rings (SSSR count). The van der Waals surface area contributed by atoms with Gasteiger partial charge in [0.05, 0.1) is 11.6 Å². The van der Waals surface area contributed by atoms with E-state index in [2.05, 4.69) is 4.99 Å². The lowest BCUT2D eigenvalue weighted by atomic mass is 10.0. The minimum Gasteiger partial charge on any atom is -0.508 e. The first-order chi connectivity index (χ1) is 10.5. The van der Waals surface area contributed by atoms with Crippen LogP contribution in [0.1, 0.15) is 15.9 Å². The molecule has 0 saturated heterocycles. The van der Waals surface area contributed by atoms with Gasteiger partial charge in [-0.05, 0) is 42.5 Å². The van der Waals surface area contributed by atoms with E-state index in [0.717, 1.165) is 0 Å². The first kappa shape index (κ1) is 16.3. The molecule has 0 aromatic heterocycles. The van der Waals surface area contributed by atoms with Gasteiger partial charge in [0, 0.05) is 16.1 Å². The maximum absolute atomic E-state index is 12.6. The van der Waals surface area contributed by atoms with E-state index < -0.39 is 0 Å². The van der Waals surface area contributed by atoms with Crippen molar-refractivity contribution in [2.24, 2.45) is 4.99 Å². The number of nitrogens with zero attached hydrogens (tertiary/aromatic N) is 1. The van der Waals surface area contributed by atoms with Gasteiger partial charge < -0.3 is 5.11 Å². The van der Waals surface area contributed by atoms with E-state index in [-0.39, 0.29) is 28.8 Å². The molecule has 0 heterocycles. The minimum absolute atomic E-state index is 0.0496. The summed E-state index contributed by atoms with van der Waals surface area (Å²) in [6, 6.07) is 10.5. The van der Waals surface area contributed by atoms with Gasteiger partial charge in [-0.1, -0.05) is 11.6 Å². The number of carbonyl (C=O) groups excluding carboxylic acids is 1. The molecule has 114 valence electrons. The van der Waals surface area contributed by atoms with Crippen LogP contribution in [-0.2, 0) is 0 Å². The Balaban J connectivity index is 2.49. The Morgan fingerprint density at radius 3 is 2.45 bits per heavy atom. The van der Waals surface area contributed by atoms with Crippen molar-refractivity contribution in [3.63, 3.8) is 0 Å². The second-order valence-corrected chi connectivity index (χ2v) is 5.05. The zero-order valence-corrected chi connectivity index (χ0v) is 12.8. The summed E-state index contributed by atoms with van der Waals surface area (Å²) in [7, 11) is 0. The fourth-order valence-corrected chi connectivity index (χ4v) is 2.08. The van der Waals surface area contributed by atoms with Crippen LogP contribution in [0.3, 0.4) is 0 Å². The number of alkyl halides is 1. The lowest BCUT2D eigenvalue weighted by Crippen LogP contribution is -2.20. The first-order valence-corrected chi connectivity index (χ1v) is 7.13. The quantitative estimate of drug-likeness (QED) is 0.262. The highest BCUT2D eigenvalue weighted by Crippen LogP contribution is 2.26. The Kier molecular flexibility index (Phi) is 5.38. The number of aromatic hydroxyl groups is 1. The Morgan fingerprint density at radius 2 is 1.86 bits per heavy atom. The van der Waals surface area contributed by atoms with Crippen molar-refractivity contribution in [1.82, 2.24) is 5.48 Å². The highest BCUT2D eigenvalue weighted by molar-refractivity contribution is 6.31. The average Bonchev–Trinajstić information content (AvgIpc) is 2.53. The molecule has 0 fully saturated rings. The van der Waals surface area contributed by atoms with Crippen molar-refractivity contribution in [1.29, 1.82) is 0 Å². The molecule has 0 radical (unpaired) electrons. The van der Waals surface area contributed by atoms with Crippen molar-refractivity contribution in [2.75, 3.05) is 5.88 Å². The molecule has 0 spiro atoms. The van der Waals surface area contributed by atoms with Gasteiger partial charge in [0.15, 0.2) is 5.78 Å². The molecule has 0 aliphatic carbocycles. The number of hydroxylamine groups is 1. The number of hydrogen-bond acceptors (Lipinski definition) is 4. The molecule has 2 aromatic carbocycles. The third-order valence-electron chi connectivity index (χ3n) is 2.84. The van der Waals surface area contributed by atoms with E-state index in [1.54, 1.807) is 12.1 Å². The Labute approximate surface area is 136 Å². The van der Waals surface area contributed by atoms with Crippen molar-refractivity contribution in [3.8, 4) is 5.75 Å². The maximum Gasteiger partial charge on any atom is 0.195 e. The Morgan fingerprint density at radius 1 is 1.18 bits per heavy atom. The van der Waals surface area contributed by atoms with Crippen LogP contribution in [0.4, 0.5) is 5.69 Å². The highest BCUT2D eigenvalue weighted by atomic mass is 35.5. The van der Waals surface area contributed by atoms with E-state index in [1.165, 1.54) is 30.3 Å². The molecule has 0 aliphatic heterocycles. The van der Waals surface area contributed by atoms with Crippen LogP contribution in [0, 0.1) is 0 Å². The third kappa shape index (κ3) is 3.76. The Hall–Kier alpha value is -2.08. The molecular weight excluding hydrogens is 327 g/mol. The molecule has 2 aromatic rings. The molecule has 0 atom stereocenters. The van der Waals surface area contributed by atoms with Gasteiger partial charge in [-0.15, -0.1) is 11.6 Å². The molecule has 0 aliphatic rings. The zero-order chi connectivity index (χ0) is 16.1. The number of rotatable bonds is 4. The average molecular weight is 339 g/mol. The van der Waals surface area contributed by atoms with Crippen molar-refractivity contribution in [2.45, 2.75) is 0 Å². The zero-order valence-electron chi connectivity index (χ0n) is 11.3. The van der Waals surface area contributed by atoms with Gasteiger partial charge in [-0.25, -0.2) is 4.99 Å². The van der Waals surface area contributed by atoms with Gasteiger partial charge >= 0.3 is 0 Å². The summed E-state index contributed by atoms with van der Waals surface area (Å²) in [6.07, 6.45) is 0. The van der Waals surface area contributed by atoms with E-state index >= 15 is 0 Å². The normalized spacial score (nSPS) is 11.3. The van der Waals surface area contributed by atoms with Gasteiger partial charge in [0.2, 0.25) is 0 Å². The molecule has 3 N–H and O–H groups in total. The SMILES string of the molecule is O=C(c1ccc(O)cc1)c1cc(Cl)ccc1N=C(CCl)NO. The molecule has 22 heavy (non-hydrogen) atoms. The minimum atomic E-state index is -0.312. The standard InChI is InChI=1S/C15H12Cl2N2O3/c16-8-14(19-22)18-13-6-3-10(17)7-12(13)15(21)9-1-4-11(20)5-2-9/h1-7,20,22H,8H2,(H,18,19). The van der Waals surface area contributed by atoms with Crippen LogP contribution in [0.15, 0.2) is 47.5 Å².